The summed E-state index contributed by atoms with van der Waals surface area (Å²) in [5.74, 6) is -0.642. The Kier molecular flexibility index (Phi) is 4.77. The Balaban J connectivity index is 1.78. The molecule has 0 aliphatic heterocycles. The number of carbonyl (C=O) groups excluding carboxylic acids is 2. The highest BCUT2D eigenvalue weighted by Crippen LogP contribution is 2.19. The summed E-state index contributed by atoms with van der Waals surface area (Å²) >= 11 is 0. The number of carbonyl (C=O) groups is 2. The minimum atomic E-state index is -0.854. The number of ether oxygens (including phenoxy) is 2. The van der Waals surface area contributed by atoms with Gasteiger partial charge in [0.1, 0.15) is 11.8 Å². The highest BCUT2D eigenvalue weighted by Gasteiger charge is 2.27. The third-order valence-corrected chi connectivity index (χ3v) is 2.95. The van der Waals surface area contributed by atoms with E-state index in [1.165, 1.54) is 6.92 Å². The van der Waals surface area contributed by atoms with Gasteiger partial charge < -0.3 is 14.8 Å². The number of esters is 1. The predicted molar refractivity (Wildman–Crippen MR) is 73.4 cm³/mol. The Morgan fingerprint density at radius 2 is 2.14 bits per heavy atom. The molecule has 1 aliphatic rings. The molecule has 1 aromatic rings. The quantitative estimate of drug-likeness (QED) is 0.793. The van der Waals surface area contributed by atoms with Crippen LogP contribution in [0.4, 0.5) is 0 Å². The molecule has 1 saturated carbocycles. The zero-order valence-corrected chi connectivity index (χ0v) is 11.7. The molecule has 1 aliphatic carbocycles. The number of rotatable bonds is 6. The van der Waals surface area contributed by atoms with Gasteiger partial charge in [0.25, 0.3) is 5.91 Å². The van der Waals surface area contributed by atoms with Crippen LogP contribution in [0.15, 0.2) is 24.3 Å². The van der Waals surface area contributed by atoms with E-state index in [0.29, 0.717) is 11.3 Å². The van der Waals surface area contributed by atoms with Gasteiger partial charge in [-0.15, -0.1) is 0 Å². The second-order valence-electron chi connectivity index (χ2n) is 4.81. The van der Waals surface area contributed by atoms with Crippen molar-refractivity contribution < 1.29 is 19.1 Å². The molecule has 0 spiro atoms. The van der Waals surface area contributed by atoms with Gasteiger partial charge in [0, 0.05) is 6.04 Å². The van der Waals surface area contributed by atoms with Crippen molar-refractivity contribution in [1.82, 2.24) is 5.32 Å². The lowest BCUT2D eigenvalue weighted by molar-refractivity contribution is -0.156. The summed E-state index contributed by atoms with van der Waals surface area (Å²) in [4.78, 5) is 23.3. The lowest BCUT2D eigenvalue weighted by Gasteiger charge is -2.13. The number of benzene rings is 1. The molecule has 0 saturated heterocycles. The first-order valence-corrected chi connectivity index (χ1v) is 6.72. The SMILES string of the molecule is C[C@@H](OC(=O)COc1ccccc1C#N)C(=O)NC1CC1. The number of nitrogens with one attached hydrogen (secondary N) is 1. The molecular formula is C15H16N2O4. The van der Waals surface area contributed by atoms with E-state index >= 15 is 0 Å². The van der Waals surface area contributed by atoms with Crippen LogP contribution in [0.5, 0.6) is 5.75 Å². The van der Waals surface area contributed by atoms with Crippen molar-refractivity contribution >= 4 is 11.9 Å². The summed E-state index contributed by atoms with van der Waals surface area (Å²) in [6, 6.07) is 8.77. The van der Waals surface area contributed by atoms with Crippen molar-refractivity contribution in [3.8, 4) is 11.8 Å². The minimum absolute atomic E-state index is 0.220. The molecular weight excluding hydrogens is 272 g/mol. The molecule has 6 nitrogen and oxygen atoms in total. The molecule has 0 unspecified atom stereocenters. The van der Waals surface area contributed by atoms with Gasteiger partial charge in [0.15, 0.2) is 12.7 Å². The van der Waals surface area contributed by atoms with Gasteiger partial charge in [-0.3, -0.25) is 4.79 Å². The van der Waals surface area contributed by atoms with E-state index in [1.807, 2.05) is 6.07 Å². The Hall–Kier alpha value is -2.55. The van der Waals surface area contributed by atoms with Crippen LogP contribution in [0, 0.1) is 11.3 Å². The molecule has 0 bridgehead atoms. The maximum atomic E-state index is 11.6. The van der Waals surface area contributed by atoms with Crippen molar-refractivity contribution in [2.24, 2.45) is 0 Å². The Bertz CT molecular complexity index is 575. The largest absolute Gasteiger partial charge is 0.481 e. The number of hydrogen-bond donors (Lipinski definition) is 1. The summed E-state index contributed by atoms with van der Waals surface area (Å²) in [6.07, 6.45) is 1.09. The van der Waals surface area contributed by atoms with Crippen LogP contribution in [0.25, 0.3) is 0 Å². The number of amides is 1. The van der Waals surface area contributed by atoms with Crippen LogP contribution in [-0.4, -0.2) is 30.6 Å². The molecule has 0 heterocycles. The normalized spacial score (nSPS) is 14.7. The van der Waals surface area contributed by atoms with Gasteiger partial charge in [-0.1, -0.05) is 12.1 Å². The predicted octanol–water partition coefficient (Wildman–Crippen LogP) is 1.15. The van der Waals surface area contributed by atoms with E-state index < -0.39 is 12.1 Å². The first-order valence-electron chi connectivity index (χ1n) is 6.72. The molecule has 1 atom stereocenters. The summed E-state index contributed by atoms with van der Waals surface area (Å²) in [5.41, 5.74) is 0.338. The standard InChI is InChI=1S/C15H16N2O4/c1-10(15(19)17-12-6-7-12)21-14(18)9-20-13-5-3-2-4-11(13)8-16/h2-5,10,12H,6-7,9H2,1H3,(H,17,19)/t10-/m1/s1. The first kappa shape index (κ1) is 14.9. The lowest BCUT2D eigenvalue weighted by atomic mass is 10.2. The zero-order chi connectivity index (χ0) is 15.2. The molecule has 1 amide bonds. The second kappa shape index (κ2) is 6.75. The lowest BCUT2D eigenvalue weighted by Crippen LogP contribution is -2.37. The van der Waals surface area contributed by atoms with Crippen LogP contribution in [0.2, 0.25) is 0 Å². The van der Waals surface area contributed by atoms with Crippen LogP contribution in [0.3, 0.4) is 0 Å². The average Bonchev–Trinajstić information content (AvgIpc) is 3.29. The van der Waals surface area contributed by atoms with E-state index in [-0.39, 0.29) is 18.6 Å². The van der Waals surface area contributed by atoms with Crippen LogP contribution in [0.1, 0.15) is 25.3 Å². The van der Waals surface area contributed by atoms with Crippen molar-refractivity contribution in [2.45, 2.75) is 31.9 Å². The Labute approximate surface area is 122 Å². The van der Waals surface area contributed by atoms with Crippen molar-refractivity contribution in [1.29, 1.82) is 5.26 Å². The van der Waals surface area contributed by atoms with Crippen molar-refractivity contribution in [3.63, 3.8) is 0 Å². The highest BCUT2D eigenvalue weighted by molar-refractivity contribution is 5.84. The minimum Gasteiger partial charge on any atom is -0.481 e. The molecule has 110 valence electrons. The Morgan fingerprint density at radius 3 is 2.81 bits per heavy atom. The van der Waals surface area contributed by atoms with E-state index in [1.54, 1.807) is 24.3 Å². The van der Waals surface area contributed by atoms with Gasteiger partial charge in [0.05, 0.1) is 5.56 Å². The molecule has 1 fully saturated rings. The Morgan fingerprint density at radius 1 is 1.43 bits per heavy atom. The van der Waals surface area contributed by atoms with Gasteiger partial charge >= 0.3 is 5.97 Å². The van der Waals surface area contributed by atoms with Crippen LogP contribution in [-0.2, 0) is 14.3 Å². The fraction of sp³-hybridized carbons (Fsp3) is 0.400. The van der Waals surface area contributed by atoms with Gasteiger partial charge in [0.2, 0.25) is 0 Å². The fourth-order valence-corrected chi connectivity index (χ4v) is 1.65. The summed E-state index contributed by atoms with van der Waals surface area (Å²) in [7, 11) is 0. The average molecular weight is 288 g/mol. The van der Waals surface area contributed by atoms with E-state index in [2.05, 4.69) is 5.32 Å². The van der Waals surface area contributed by atoms with E-state index in [9.17, 15) is 9.59 Å². The fourth-order valence-electron chi connectivity index (χ4n) is 1.65. The number of nitriles is 1. The third kappa shape index (κ3) is 4.49. The number of hydrogen-bond acceptors (Lipinski definition) is 5. The summed E-state index contributed by atoms with van der Waals surface area (Å²) < 4.78 is 10.2. The molecule has 0 radical (unpaired) electrons. The number of para-hydroxylation sites is 1. The molecule has 2 rings (SSSR count). The van der Waals surface area contributed by atoms with Crippen LogP contribution < -0.4 is 10.1 Å². The van der Waals surface area contributed by atoms with Gasteiger partial charge in [-0.2, -0.15) is 5.26 Å². The second-order valence-corrected chi connectivity index (χ2v) is 4.81. The third-order valence-electron chi connectivity index (χ3n) is 2.95. The van der Waals surface area contributed by atoms with E-state index in [4.69, 9.17) is 14.7 Å². The number of nitrogens with zero attached hydrogens (tertiary/aromatic N) is 1. The maximum absolute atomic E-state index is 11.6. The molecule has 6 heteroatoms. The summed E-state index contributed by atoms with van der Waals surface area (Å²) in [5, 5.41) is 11.6. The molecule has 1 N–H and O–H groups in total. The molecule has 21 heavy (non-hydrogen) atoms. The van der Waals surface area contributed by atoms with Crippen molar-refractivity contribution in [3.05, 3.63) is 29.8 Å². The smallest absolute Gasteiger partial charge is 0.344 e. The first-order chi connectivity index (χ1) is 10.1. The highest BCUT2D eigenvalue weighted by atomic mass is 16.6. The summed E-state index contributed by atoms with van der Waals surface area (Å²) in [6.45, 7) is 1.17. The monoisotopic (exact) mass is 288 g/mol. The van der Waals surface area contributed by atoms with Gasteiger partial charge in [-0.25, -0.2) is 4.79 Å². The van der Waals surface area contributed by atoms with Crippen LogP contribution >= 0.6 is 0 Å². The zero-order valence-electron chi connectivity index (χ0n) is 11.7. The van der Waals surface area contributed by atoms with E-state index in [0.717, 1.165) is 12.8 Å². The topological polar surface area (TPSA) is 88.4 Å². The van der Waals surface area contributed by atoms with Crippen molar-refractivity contribution in [2.75, 3.05) is 6.61 Å². The molecule has 1 aromatic carbocycles. The van der Waals surface area contributed by atoms with Gasteiger partial charge in [-0.05, 0) is 31.9 Å². The maximum Gasteiger partial charge on any atom is 0.344 e. The molecule has 0 aromatic heterocycles.